The largest absolute Gasteiger partial charge is 0.472 e. The van der Waals surface area contributed by atoms with Gasteiger partial charge in [-0.2, -0.15) is 0 Å². The van der Waals surface area contributed by atoms with Gasteiger partial charge >= 0.3 is 7.82 Å². The summed E-state index contributed by atoms with van der Waals surface area (Å²) in [5, 5.41) is 0. The van der Waals surface area contributed by atoms with Gasteiger partial charge in [-0.25, -0.2) is 4.57 Å². The average Bonchev–Trinajstić information content (AvgIpc) is 2.77. The third-order valence-corrected chi connectivity index (χ3v) is 7.13. The number of phosphoric acid groups is 1. The van der Waals surface area contributed by atoms with Crippen LogP contribution in [0.25, 0.3) is 0 Å². The van der Waals surface area contributed by atoms with Crippen LogP contribution in [0.1, 0.15) is 123 Å². The summed E-state index contributed by atoms with van der Waals surface area (Å²) in [6.07, 6.45) is 20.1. The van der Waals surface area contributed by atoms with Gasteiger partial charge in [-0.15, -0.1) is 0 Å². The molecule has 6 nitrogen and oxygen atoms in total. The Balaban J connectivity index is 3.89. The molecular formula is C26H54NO5P. The fourth-order valence-electron chi connectivity index (χ4n) is 3.91. The van der Waals surface area contributed by atoms with Crippen LogP contribution in [-0.4, -0.2) is 49.4 Å². The Morgan fingerprint density at radius 1 is 0.818 bits per heavy atom. The number of unbranched alkanes of at least 4 members (excludes halogenated alkanes) is 13. The summed E-state index contributed by atoms with van der Waals surface area (Å²) < 4.78 is 22.3. The predicted octanol–water partition coefficient (Wildman–Crippen LogP) is 7.54. The fourth-order valence-corrected chi connectivity index (χ4v) is 4.70. The lowest BCUT2D eigenvalue weighted by Crippen LogP contribution is -2.18. The van der Waals surface area contributed by atoms with E-state index in [0.29, 0.717) is 19.4 Å². The molecule has 0 spiro atoms. The molecule has 0 heterocycles. The second-order valence-electron chi connectivity index (χ2n) is 9.75. The maximum atomic E-state index is 12.1. The molecule has 0 aromatic heterocycles. The molecule has 0 bridgehead atoms. The van der Waals surface area contributed by atoms with E-state index in [1.54, 1.807) is 0 Å². The maximum absolute atomic E-state index is 12.1. The topological polar surface area (TPSA) is 76.1 Å². The third-order valence-electron chi connectivity index (χ3n) is 6.14. The normalized spacial score (nSPS) is 14.5. The molecule has 2 atom stereocenters. The summed E-state index contributed by atoms with van der Waals surface area (Å²) in [5.41, 5.74) is 0. The van der Waals surface area contributed by atoms with Crippen molar-refractivity contribution < 1.29 is 23.3 Å². The van der Waals surface area contributed by atoms with Gasteiger partial charge in [0.25, 0.3) is 0 Å². The second kappa shape index (κ2) is 22.2. The lowest BCUT2D eigenvalue weighted by molar-refractivity contribution is -0.120. The number of hydrogen-bond donors (Lipinski definition) is 1. The van der Waals surface area contributed by atoms with Crippen LogP contribution in [0.2, 0.25) is 0 Å². The van der Waals surface area contributed by atoms with Gasteiger partial charge < -0.3 is 9.79 Å². The molecule has 198 valence electrons. The standard InChI is InChI=1S/C26H54NO5P/c1-5-7-8-9-10-11-12-13-14-15-16-17-18-19-20-25(23-26(28)6-2)24-32-33(29,30)31-22-21-27(3)4/h25H,5-24H2,1-4H3,(H,29,30). The van der Waals surface area contributed by atoms with E-state index in [0.717, 1.165) is 19.3 Å². The Morgan fingerprint density at radius 2 is 1.30 bits per heavy atom. The van der Waals surface area contributed by atoms with Crippen molar-refractivity contribution in [1.29, 1.82) is 0 Å². The molecule has 2 unspecified atom stereocenters. The van der Waals surface area contributed by atoms with Crippen molar-refractivity contribution >= 4 is 13.6 Å². The van der Waals surface area contributed by atoms with E-state index in [2.05, 4.69) is 6.92 Å². The summed E-state index contributed by atoms with van der Waals surface area (Å²) in [6, 6.07) is 0. The van der Waals surface area contributed by atoms with Crippen molar-refractivity contribution in [2.24, 2.45) is 5.92 Å². The number of ketones is 1. The van der Waals surface area contributed by atoms with E-state index in [1.165, 1.54) is 77.0 Å². The number of likely N-dealkylation sites (N-methyl/N-ethyl adjacent to an activating group) is 1. The first-order chi connectivity index (χ1) is 15.8. The van der Waals surface area contributed by atoms with Gasteiger partial charge in [0.05, 0.1) is 13.2 Å². The molecule has 0 radical (unpaired) electrons. The van der Waals surface area contributed by atoms with Crippen LogP contribution in [0.15, 0.2) is 0 Å². The van der Waals surface area contributed by atoms with E-state index in [9.17, 15) is 14.3 Å². The number of nitrogens with zero attached hydrogens (tertiary/aromatic N) is 1. The number of phosphoric ester groups is 1. The number of Topliss-reactive ketones (excluding diaryl/α,β-unsaturated/α-hetero) is 1. The molecule has 1 N–H and O–H groups in total. The number of hydrogen-bond acceptors (Lipinski definition) is 5. The van der Waals surface area contributed by atoms with E-state index >= 15 is 0 Å². The zero-order valence-corrected chi connectivity index (χ0v) is 23.1. The van der Waals surface area contributed by atoms with Gasteiger partial charge in [-0.05, 0) is 26.4 Å². The lowest BCUT2D eigenvalue weighted by Gasteiger charge is -2.19. The molecule has 0 saturated heterocycles. The van der Waals surface area contributed by atoms with Crippen molar-refractivity contribution in [2.75, 3.05) is 33.9 Å². The Morgan fingerprint density at radius 3 is 1.76 bits per heavy atom. The van der Waals surface area contributed by atoms with Gasteiger partial charge in [0.2, 0.25) is 0 Å². The highest BCUT2D eigenvalue weighted by Crippen LogP contribution is 2.43. The summed E-state index contributed by atoms with van der Waals surface area (Å²) in [4.78, 5) is 23.7. The maximum Gasteiger partial charge on any atom is 0.472 e. The van der Waals surface area contributed by atoms with Gasteiger partial charge in [0, 0.05) is 19.4 Å². The number of carbonyl (C=O) groups excluding carboxylic acids is 1. The van der Waals surface area contributed by atoms with Crippen molar-refractivity contribution in [1.82, 2.24) is 4.90 Å². The SMILES string of the molecule is CCCCCCCCCCCCCCCCC(COP(=O)(O)OCCN(C)C)CC(=O)CC. The predicted molar refractivity (Wildman–Crippen MR) is 139 cm³/mol. The molecular weight excluding hydrogens is 437 g/mol. The average molecular weight is 492 g/mol. The lowest BCUT2D eigenvalue weighted by atomic mass is 9.95. The summed E-state index contributed by atoms with van der Waals surface area (Å²) in [5.74, 6) is 0.156. The minimum atomic E-state index is -4.07. The monoisotopic (exact) mass is 491 g/mol. The molecule has 0 aliphatic rings. The second-order valence-corrected chi connectivity index (χ2v) is 11.2. The fraction of sp³-hybridized carbons (Fsp3) is 0.962. The van der Waals surface area contributed by atoms with Crippen LogP contribution in [0.3, 0.4) is 0 Å². The quantitative estimate of drug-likeness (QED) is 0.105. The van der Waals surface area contributed by atoms with E-state index < -0.39 is 7.82 Å². The van der Waals surface area contributed by atoms with Crippen molar-refractivity contribution in [2.45, 2.75) is 123 Å². The molecule has 0 aromatic carbocycles. The molecule has 0 fully saturated rings. The van der Waals surface area contributed by atoms with Crippen molar-refractivity contribution in [3.63, 3.8) is 0 Å². The smallest absolute Gasteiger partial charge is 0.307 e. The van der Waals surface area contributed by atoms with Crippen LogP contribution in [0.5, 0.6) is 0 Å². The van der Waals surface area contributed by atoms with Crippen LogP contribution in [0, 0.1) is 5.92 Å². The summed E-state index contributed by atoms with van der Waals surface area (Å²) in [6.45, 7) is 4.90. The van der Waals surface area contributed by atoms with E-state index in [1.807, 2.05) is 25.9 Å². The van der Waals surface area contributed by atoms with Gasteiger partial charge in [0.1, 0.15) is 5.78 Å². The highest BCUT2D eigenvalue weighted by molar-refractivity contribution is 7.47. The highest BCUT2D eigenvalue weighted by Gasteiger charge is 2.24. The third kappa shape index (κ3) is 23.3. The minimum Gasteiger partial charge on any atom is -0.307 e. The van der Waals surface area contributed by atoms with Crippen molar-refractivity contribution in [3.8, 4) is 0 Å². The first kappa shape index (κ1) is 32.7. The Hall–Kier alpha value is -0.260. The molecule has 0 aromatic rings. The Labute approximate surface area is 204 Å². The first-order valence-corrected chi connectivity index (χ1v) is 15.1. The molecule has 0 aliphatic heterocycles. The van der Waals surface area contributed by atoms with E-state index in [4.69, 9.17) is 9.05 Å². The number of rotatable bonds is 25. The molecule has 7 heteroatoms. The molecule has 0 rings (SSSR count). The number of carbonyl (C=O) groups is 1. The molecule has 0 aliphatic carbocycles. The van der Waals surface area contributed by atoms with Gasteiger partial charge in [-0.1, -0.05) is 104 Å². The minimum absolute atomic E-state index is 0.0206. The molecule has 33 heavy (non-hydrogen) atoms. The van der Waals surface area contributed by atoms with Crippen LogP contribution >= 0.6 is 7.82 Å². The zero-order chi connectivity index (χ0) is 24.8. The van der Waals surface area contributed by atoms with Crippen molar-refractivity contribution in [3.05, 3.63) is 0 Å². The summed E-state index contributed by atoms with van der Waals surface area (Å²) in [7, 11) is -0.325. The highest BCUT2D eigenvalue weighted by atomic mass is 31.2. The summed E-state index contributed by atoms with van der Waals surface area (Å²) >= 11 is 0. The Bertz CT molecular complexity index is 501. The van der Waals surface area contributed by atoms with Crippen LogP contribution < -0.4 is 0 Å². The van der Waals surface area contributed by atoms with Crippen LogP contribution in [0.4, 0.5) is 0 Å². The zero-order valence-electron chi connectivity index (χ0n) is 22.2. The first-order valence-electron chi connectivity index (χ1n) is 13.6. The molecule has 0 amide bonds. The molecule has 0 saturated carbocycles. The van der Waals surface area contributed by atoms with Gasteiger partial charge in [-0.3, -0.25) is 13.8 Å². The van der Waals surface area contributed by atoms with E-state index in [-0.39, 0.29) is 24.9 Å². The Kier molecular flexibility index (Phi) is 22.0. The van der Waals surface area contributed by atoms with Crippen LogP contribution in [-0.2, 0) is 18.4 Å². The van der Waals surface area contributed by atoms with Gasteiger partial charge in [0.15, 0.2) is 0 Å².